The number of sulfonamides is 1. The lowest BCUT2D eigenvalue weighted by Crippen LogP contribution is -2.32. The van der Waals surface area contributed by atoms with Gasteiger partial charge in [-0.3, -0.25) is 4.31 Å². The minimum Gasteiger partial charge on any atom is -0.256 e. The molecule has 0 radical (unpaired) electrons. The van der Waals surface area contributed by atoms with Crippen LogP contribution in [0.2, 0.25) is 0 Å². The topological polar surface area (TPSA) is 37.4 Å². The quantitative estimate of drug-likeness (QED) is 0.649. The van der Waals surface area contributed by atoms with Gasteiger partial charge in [-0.2, -0.15) is 11.8 Å². The average Bonchev–Trinajstić information content (AvgIpc) is 2.99. The third-order valence-electron chi connectivity index (χ3n) is 3.49. The summed E-state index contributed by atoms with van der Waals surface area (Å²) < 4.78 is 28.7. The highest BCUT2D eigenvalue weighted by Crippen LogP contribution is 2.35. The first-order chi connectivity index (χ1) is 11.1. The van der Waals surface area contributed by atoms with Crippen molar-refractivity contribution < 1.29 is 8.42 Å². The first-order valence-corrected chi connectivity index (χ1v) is 10.8. The molecule has 3 nitrogen and oxygen atoms in total. The first kappa shape index (κ1) is 16.4. The Kier molecular flexibility index (Phi) is 4.94. The van der Waals surface area contributed by atoms with E-state index >= 15 is 0 Å². The fourth-order valence-electron chi connectivity index (χ4n) is 2.33. The number of fused-ring (bicyclic) bond motifs is 1. The molecular formula is C17H17NO2S3. The number of thiophene rings is 1. The van der Waals surface area contributed by atoms with Gasteiger partial charge in [-0.25, -0.2) is 8.42 Å². The van der Waals surface area contributed by atoms with Crippen LogP contribution in [0.15, 0.2) is 65.6 Å². The fraction of sp³-hybridized carbons (Fsp3) is 0.176. The minimum atomic E-state index is -3.54. The van der Waals surface area contributed by atoms with Crippen molar-refractivity contribution in [3.05, 3.63) is 60.7 Å². The van der Waals surface area contributed by atoms with E-state index < -0.39 is 10.0 Å². The number of anilines is 1. The van der Waals surface area contributed by atoms with Gasteiger partial charge in [-0.05, 0) is 35.9 Å². The number of rotatable bonds is 6. The van der Waals surface area contributed by atoms with E-state index in [1.165, 1.54) is 15.6 Å². The zero-order valence-corrected chi connectivity index (χ0v) is 15.1. The van der Waals surface area contributed by atoms with E-state index in [1.54, 1.807) is 36.0 Å². The predicted octanol–water partition coefficient (Wildman–Crippen LogP) is 4.46. The second-order valence-corrected chi connectivity index (χ2v) is 8.92. The van der Waals surface area contributed by atoms with Gasteiger partial charge >= 0.3 is 0 Å². The molecule has 0 aliphatic rings. The molecule has 2 aromatic carbocycles. The molecule has 0 aliphatic carbocycles. The van der Waals surface area contributed by atoms with Gasteiger partial charge in [0.1, 0.15) is 5.00 Å². The van der Waals surface area contributed by atoms with Crippen LogP contribution in [0, 0.1) is 0 Å². The maximum atomic E-state index is 13.0. The predicted molar refractivity (Wildman–Crippen MR) is 101 cm³/mol. The SMILES string of the molecule is CSCCN(c1cc2ccccc2s1)S(=O)(=O)c1ccccc1. The normalized spacial score (nSPS) is 11.7. The summed E-state index contributed by atoms with van der Waals surface area (Å²) in [7, 11) is -3.54. The summed E-state index contributed by atoms with van der Waals surface area (Å²) in [6.07, 6.45) is 1.98. The van der Waals surface area contributed by atoms with Gasteiger partial charge in [0.2, 0.25) is 0 Å². The highest BCUT2D eigenvalue weighted by molar-refractivity contribution is 7.98. The molecule has 23 heavy (non-hydrogen) atoms. The smallest absolute Gasteiger partial charge is 0.256 e. The van der Waals surface area contributed by atoms with Gasteiger partial charge in [-0.1, -0.05) is 36.4 Å². The third-order valence-corrected chi connectivity index (χ3v) is 7.16. The van der Waals surface area contributed by atoms with Gasteiger partial charge in [0.15, 0.2) is 0 Å². The molecule has 0 N–H and O–H groups in total. The molecule has 0 fully saturated rings. The van der Waals surface area contributed by atoms with Crippen LogP contribution >= 0.6 is 23.1 Å². The minimum absolute atomic E-state index is 0.332. The van der Waals surface area contributed by atoms with Gasteiger partial charge < -0.3 is 0 Å². The van der Waals surface area contributed by atoms with Crippen molar-refractivity contribution in [2.24, 2.45) is 0 Å². The van der Waals surface area contributed by atoms with Crippen LogP contribution in [-0.2, 0) is 10.0 Å². The number of thioether (sulfide) groups is 1. The largest absolute Gasteiger partial charge is 0.264 e. The van der Waals surface area contributed by atoms with Crippen molar-refractivity contribution >= 4 is 48.2 Å². The van der Waals surface area contributed by atoms with Crippen LogP contribution < -0.4 is 4.31 Å². The van der Waals surface area contributed by atoms with Crippen molar-refractivity contribution in [1.82, 2.24) is 0 Å². The summed E-state index contributed by atoms with van der Waals surface area (Å²) in [6, 6.07) is 18.6. The Morgan fingerprint density at radius 2 is 1.74 bits per heavy atom. The van der Waals surface area contributed by atoms with E-state index in [4.69, 9.17) is 0 Å². The molecule has 1 heterocycles. The van der Waals surface area contributed by atoms with E-state index in [9.17, 15) is 8.42 Å². The molecule has 0 spiro atoms. The molecule has 0 aliphatic heterocycles. The number of hydrogen-bond acceptors (Lipinski definition) is 4. The number of benzene rings is 2. The Morgan fingerprint density at radius 1 is 1.04 bits per heavy atom. The van der Waals surface area contributed by atoms with E-state index in [2.05, 4.69) is 0 Å². The second-order valence-electron chi connectivity index (χ2n) is 5.01. The average molecular weight is 364 g/mol. The molecule has 0 atom stereocenters. The summed E-state index contributed by atoms with van der Waals surface area (Å²) in [4.78, 5) is 0.332. The molecule has 0 amide bonds. The number of hydrogen-bond donors (Lipinski definition) is 0. The standard InChI is InChI=1S/C17H17NO2S3/c1-21-12-11-18(23(19,20)15-8-3-2-4-9-15)17-13-14-7-5-6-10-16(14)22-17/h2-10,13H,11-12H2,1H3. The van der Waals surface area contributed by atoms with Gasteiger partial charge in [0, 0.05) is 17.0 Å². The highest BCUT2D eigenvalue weighted by atomic mass is 32.2. The van der Waals surface area contributed by atoms with Crippen molar-refractivity contribution in [1.29, 1.82) is 0 Å². The lowest BCUT2D eigenvalue weighted by atomic mass is 10.3. The molecule has 120 valence electrons. The van der Waals surface area contributed by atoms with Crippen LogP contribution in [-0.4, -0.2) is 27.0 Å². The maximum absolute atomic E-state index is 13.0. The van der Waals surface area contributed by atoms with E-state index in [0.29, 0.717) is 11.4 Å². The molecule has 6 heteroatoms. The number of nitrogens with zero attached hydrogens (tertiary/aromatic N) is 1. The van der Waals surface area contributed by atoms with E-state index in [0.717, 1.165) is 20.8 Å². The Balaban J connectivity index is 2.07. The fourth-order valence-corrected chi connectivity index (χ4v) is 5.59. The Labute approximate surface area is 145 Å². The summed E-state index contributed by atoms with van der Waals surface area (Å²) in [5.41, 5.74) is 0. The Morgan fingerprint density at radius 3 is 2.43 bits per heavy atom. The summed E-state index contributed by atoms with van der Waals surface area (Å²) in [5, 5.41) is 1.84. The van der Waals surface area contributed by atoms with Gasteiger partial charge in [0.25, 0.3) is 10.0 Å². The van der Waals surface area contributed by atoms with Crippen LogP contribution in [0.25, 0.3) is 10.1 Å². The lowest BCUT2D eigenvalue weighted by molar-refractivity contribution is 0.592. The van der Waals surface area contributed by atoms with E-state index in [-0.39, 0.29) is 0 Å². The third kappa shape index (κ3) is 3.39. The molecule has 1 aromatic heterocycles. The molecule has 0 unspecified atom stereocenters. The zero-order chi connectivity index (χ0) is 16.3. The van der Waals surface area contributed by atoms with Gasteiger partial charge in [-0.15, -0.1) is 11.3 Å². The van der Waals surface area contributed by atoms with Crippen LogP contribution in [0.3, 0.4) is 0 Å². The molecule has 0 bridgehead atoms. The van der Waals surface area contributed by atoms with Crippen molar-refractivity contribution in [3.8, 4) is 0 Å². The van der Waals surface area contributed by atoms with Crippen LogP contribution in [0.5, 0.6) is 0 Å². The van der Waals surface area contributed by atoms with Crippen LogP contribution in [0.1, 0.15) is 0 Å². The summed E-state index contributed by atoms with van der Waals surface area (Å²) >= 11 is 3.16. The maximum Gasteiger partial charge on any atom is 0.264 e. The lowest BCUT2D eigenvalue weighted by Gasteiger charge is -2.22. The molecule has 0 saturated heterocycles. The second kappa shape index (κ2) is 6.95. The molecule has 0 saturated carbocycles. The van der Waals surface area contributed by atoms with E-state index in [1.807, 2.05) is 42.7 Å². The first-order valence-electron chi connectivity index (χ1n) is 7.18. The summed E-state index contributed by atoms with van der Waals surface area (Å²) in [6.45, 7) is 0.464. The van der Waals surface area contributed by atoms with Gasteiger partial charge in [0.05, 0.1) is 4.90 Å². The molecule has 3 aromatic rings. The Bertz CT molecular complexity index is 855. The van der Waals surface area contributed by atoms with Crippen molar-refractivity contribution in [2.75, 3.05) is 22.9 Å². The monoisotopic (exact) mass is 363 g/mol. The van der Waals surface area contributed by atoms with Crippen LogP contribution in [0.4, 0.5) is 5.00 Å². The molecule has 3 rings (SSSR count). The van der Waals surface area contributed by atoms with Crippen molar-refractivity contribution in [3.63, 3.8) is 0 Å². The Hall–Kier alpha value is -1.50. The molecular weight excluding hydrogens is 346 g/mol. The zero-order valence-electron chi connectivity index (χ0n) is 12.7. The summed E-state index contributed by atoms with van der Waals surface area (Å²) in [5.74, 6) is 0.750. The van der Waals surface area contributed by atoms with Crippen molar-refractivity contribution in [2.45, 2.75) is 4.90 Å². The highest BCUT2D eigenvalue weighted by Gasteiger charge is 2.25.